The molecule has 0 atom stereocenters. The molecule has 2 heterocycles. The van der Waals surface area contributed by atoms with Gasteiger partial charge in [-0.05, 0) is 56.5 Å². The van der Waals surface area contributed by atoms with Gasteiger partial charge in [-0.15, -0.1) is 0 Å². The van der Waals surface area contributed by atoms with E-state index in [4.69, 9.17) is 5.10 Å². The van der Waals surface area contributed by atoms with E-state index in [2.05, 4.69) is 5.32 Å². The third-order valence-corrected chi connectivity index (χ3v) is 5.95. The number of nitrogens with one attached hydrogen (secondary N) is 1. The first-order valence-corrected chi connectivity index (χ1v) is 11.3. The fourth-order valence-electron chi connectivity index (χ4n) is 4.26. The van der Waals surface area contributed by atoms with Crippen LogP contribution in [0.3, 0.4) is 0 Å². The molecule has 1 fully saturated rings. The van der Waals surface area contributed by atoms with Crippen molar-refractivity contribution in [3.8, 4) is 16.8 Å². The summed E-state index contributed by atoms with van der Waals surface area (Å²) in [5.74, 6) is 0.551. The van der Waals surface area contributed by atoms with Crippen LogP contribution < -0.4 is 5.32 Å². The first-order chi connectivity index (χ1) is 15.4. The average molecular weight is 431 g/mol. The van der Waals surface area contributed by atoms with E-state index in [0.717, 1.165) is 48.4 Å². The van der Waals surface area contributed by atoms with Crippen molar-refractivity contribution in [2.45, 2.75) is 46.5 Å². The van der Waals surface area contributed by atoms with Crippen molar-refractivity contribution < 1.29 is 9.59 Å². The first kappa shape index (κ1) is 21.8. The number of nitrogens with zero attached hydrogens (tertiary/aromatic N) is 3. The monoisotopic (exact) mass is 430 g/mol. The zero-order chi connectivity index (χ0) is 22.7. The smallest absolute Gasteiger partial charge is 0.253 e. The Morgan fingerprint density at radius 2 is 1.50 bits per heavy atom. The van der Waals surface area contributed by atoms with E-state index in [-0.39, 0.29) is 11.8 Å². The van der Waals surface area contributed by atoms with Crippen molar-refractivity contribution in [3.05, 3.63) is 65.4 Å². The molecule has 32 heavy (non-hydrogen) atoms. The van der Waals surface area contributed by atoms with Crippen LogP contribution in [-0.4, -0.2) is 39.6 Å². The van der Waals surface area contributed by atoms with Gasteiger partial charge in [0.25, 0.3) is 5.91 Å². The van der Waals surface area contributed by atoms with Gasteiger partial charge in [0.2, 0.25) is 5.91 Å². The molecule has 166 valence electrons. The van der Waals surface area contributed by atoms with Crippen LogP contribution >= 0.6 is 0 Å². The third-order valence-electron chi connectivity index (χ3n) is 5.95. The molecule has 0 saturated carbocycles. The number of benzene rings is 2. The number of carbonyl (C=O) groups is 2. The van der Waals surface area contributed by atoms with E-state index < -0.39 is 0 Å². The summed E-state index contributed by atoms with van der Waals surface area (Å²) in [6.07, 6.45) is 4.52. The molecule has 0 radical (unpaired) electrons. The van der Waals surface area contributed by atoms with Crippen molar-refractivity contribution in [3.63, 3.8) is 0 Å². The van der Waals surface area contributed by atoms with Crippen LogP contribution in [0.5, 0.6) is 0 Å². The number of likely N-dealkylation sites (tertiary alicyclic amines) is 1. The van der Waals surface area contributed by atoms with Crippen LogP contribution in [0.1, 0.15) is 54.2 Å². The third kappa shape index (κ3) is 4.59. The van der Waals surface area contributed by atoms with Crippen molar-refractivity contribution in [2.75, 3.05) is 18.4 Å². The Labute approximate surface area is 189 Å². The highest BCUT2D eigenvalue weighted by Crippen LogP contribution is 2.33. The molecule has 2 aromatic carbocycles. The molecule has 1 N–H and O–H groups in total. The van der Waals surface area contributed by atoms with Crippen LogP contribution in [0.2, 0.25) is 0 Å². The Balaban J connectivity index is 1.68. The standard InChI is InChI=1S/C26H30N4O2/c1-18-8-10-21(11-9-18)24-19(2)28-30(25(24)27-20(3)31)23-14-12-22(13-15-23)26(32)29-16-6-4-5-7-17-29/h8-15H,4-7,16-17H2,1-3H3,(H,27,31). The van der Waals surface area contributed by atoms with Crippen molar-refractivity contribution in [1.29, 1.82) is 0 Å². The Kier molecular flexibility index (Phi) is 6.40. The van der Waals surface area contributed by atoms with Gasteiger partial charge in [-0.2, -0.15) is 5.10 Å². The molecule has 1 aromatic heterocycles. The molecule has 1 aliphatic heterocycles. The van der Waals surface area contributed by atoms with Gasteiger partial charge in [-0.25, -0.2) is 4.68 Å². The quantitative estimate of drug-likeness (QED) is 0.624. The molecule has 0 spiro atoms. The summed E-state index contributed by atoms with van der Waals surface area (Å²) in [6, 6.07) is 15.7. The predicted molar refractivity (Wildman–Crippen MR) is 127 cm³/mol. The molecule has 1 aliphatic rings. The highest BCUT2D eigenvalue weighted by Gasteiger charge is 2.21. The zero-order valence-corrected chi connectivity index (χ0v) is 19.0. The van der Waals surface area contributed by atoms with Gasteiger partial charge in [0.15, 0.2) is 0 Å². The molecular weight excluding hydrogens is 400 g/mol. The van der Waals surface area contributed by atoms with Crippen LogP contribution in [0.25, 0.3) is 16.8 Å². The summed E-state index contributed by atoms with van der Waals surface area (Å²) in [4.78, 5) is 26.9. The maximum absolute atomic E-state index is 12.9. The molecule has 0 bridgehead atoms. The number of aryl methyl sites for hydroxylation is 2. The second-order valence-corrected chi connectivity index (χ2v) is 8.52. The minimum Gasteiger partial charge on any atom is -0.339 e. The van der Waals surface area contributed by atoms with Gasteiger partial charge in [-0.3, -0.25) is 9.59 Å². The molecule has 6 nitrogen and oxygen atoms in total. The fourth-order valence-corrected chi connectivity index (χ4v) is 4.26. The summed E-state index contributed by atoms with van der Waals surface area (Å²) in [6.45, 7) is 7.13. The van der Waals surface area contributed by atoms with Gasteiger partial charge in [-0.1, -0.05) is 42.7 Å². The molecule has 6 heteroatoms. The predicted octanol–water partition coefficient (Wildman–Crippen LogP) is 5.13. The van der Waals surface area contributed by atoms with Crippen molar-refractivity contribution in [2.24, 2.45) is 0 Å². The Morgan fingerprint density at radius 3 is 2.09 bits per heavy atom. The molecule has 1 saturated heterocycles. The van der Waals surface area contributed by atoms with Crippen LogP contribution in [0.4, 0.5) is 5.82 Å². The SMILES string of the molecule is CC(=O)Nc1c(-c2ccc(C)cc2)c(C)nn1-c1ccc(C(=O)N2CCCCCC2)cc1. The normalized spacial score (nSPS) is 14.2. The maximum atomic E-state index is 12.9. The molecular formula is C26H30N4O2. The minimum atomic E-state index is -0.160. The summed E-state index contributed by atoms with van der Waals surface area (Å²) in [5.41, 5.74) is 5.36. The average Bonchev–Trinajstić information content (AvgIpc) is 2.95. The molecule has 4 rings (SSSR count). The number of hydrogen-bond donors (Lipinski definition) is 1. The van der Waals surface area contributed by atoms with Gasteiger partial charge < -0.3 is 10.2 Å². The van der Waals surface area contributed by atoms with E-state index in [1.165, 1.54) is 25.3 Å². The Morgan fingerprint density at radius 1 is 0.875 bits per heavy atom. The molecule has 2 amide bonds. The number of hydrogen-bond acceptors (Lipinski definition) is 3. The largest absolute Gasteiger partial charge is 0.339 e. The fraction of sp³-hybridized carbons (Fsp3) is 0.346. The maximum Gasteiger partial charge on any atom is 0.253 e. The first-order valence-electron chi connectivity index (χ1n) is 11.3. The van der Waals surface area contributed by atoms with E-state index in [1.807, 2.05) is 67.3 Å². The van der Waals surface area contributed by atoms with Gasteiger partial charge in [0.05, 0.1) is 11.4 Å². The second kappa shape index (κ2) is 9.39. The Hall–Kier alpha value is -3.41. The van der Waals surface area contributed by atoms with E-state index in [0.29, 0.717) is 11.4 Å². The van der Waals surface area contributed by atoms with Crippen LogP contribution in [-0.2, 0) is 4.79 Å². The van der Waals surface area contributed by atoms with Crippen molar-refractivity contribution in [1.82, 2.24) is 14.7 Å². The van der Waals surface area contributed by atoms with Crippen LogP contribution in [0.15, 0.2) is 48.5 Å². The summed E-state index contributed by atoms with van der Waals surface area (Å²) in [5, 5.41) is 7.67. The second-order valence-electron chi connectivity index (χ2n) is 8.52. The Bertz CT molecular complexity index is 1110. The molecule has 0 unspecified atom stereocenters. The number of carbonyl (C=O) groups excluding carboxylic acids is 2. The van der Waals surface area contributed by atoms with E-state index >= 15 is 0 Å². The van der Waals surface area contributed by atoms with E-state index in [9.17, 15) is 9.59 Å². The molecule has 0 aliphatic carbocycles. The van der Waals surface area contributed by atoms with Gasteiger partial charge >= 0.3 is 0 Å². The zero-order valence-electron chi connectivity index (χ0n) is 19.0. The highest BCUT2D eigenvalue weighted by molar-refractivity contribution is 5.95. The lowest BCUT2D eigenvalue weighted by atomic mass is 10.0. The summed E-state index contributed by atoms with van der Waals surface area (Å²) in [7, 11) is 0. The van der Waals surface area contributed by atoms with Crippen LogP contribution in [0, 0.1) is 13.8 Å². The number of aromatic nitrogens is 2. The van der Waals surface area contributed by atoms with Gasteiger partial charge in [0, 0.05) is 31.1 Å². The highest BCUT2D eigenvalue weighted by atomic mass is 16.2. The van der Waals surface area contributed by atoms with Crippen molar-refractivity contribution >= 4 is 17.6 Å². The van der Waals surface area contributed by atoms with E-state index in [1.54, 1.807) is 4.68 Å². The minimum absolute atomic E-state index is 0.0810. The lowest BCUT2D eigenvalue weighted by Crippen LogP contribution is -2.31. The number of anilines is 1. The lowest BCUT2D eigenvalue weighted by molar-refractivity contribution is -0.114. The summed E-state index contributed by atoms with van der Waals surface area (Å²) >= 11 is 0. The molecule has 3 aromatic rings. The number of amides is 2. The van der Waals surface area contributed by atoms with Gasteiger partial charge in [0.1, 0.15) is 5.82 Å². The topological polar surface area (TPSA) is 67.2 Å². The number of rotatable bonds is 4. The summed E-state index contributed by atoms with van der Waals surface area (Å²) < 4.78 is 1.74. The lowest BCUT2D eigenvalue weighted by Gasteiger charge is -2.20.